The number of carbonyl (C=O) groups is 2. The van der Waals surface area contributed by atoms with Gasteiger partial charge in [0.2, 0.25) is 5.91 Å². The van der Waals surface area contributed by atoms with Crippen molar-refractivity contribution in [1.82, 2.24) is 0 Å². The topological polar surface area (TPSA) is 87.9 Å². The van der Waals surface area contributed by atoms with Gasteiger partial charge >= 0.3 is 0 Å². The van der Waals surface area contributed by atoms with E-state index in [1.54, 1.807) is 46.2 Å². The van der Waals surface area contributed by atoms with Crippen molar-refractivity contribution in [2.24, 2.45) is 0 Å². The molecule has 0 aliphatic carbocycles. The van der Waals surface area contributed by atoms with Crippen molar-refractivity contribution in [3.05, 3.63) is 66.6 Å². The zero-order valence-corrected chi connectivity index (χ0v) is 18.9. The number of furan rings is 1. The van der Waals surface area contributed by atoms with E-state index in [2.05, 4.69) is 0 Å². The SMILES string of the molecule is CCC(=O)N1c2ccc(-c3ccc(S(C)(=O)=O)cc3)cc2N(C(=O)c2ccco2)CC1C. The molecule has 0 N–H and O–H groups in total. The van der Waals surface area contributed by atoms with Crippen molar-refractivity contribution < 1.29 is 22.4 Å². The molecule has 1 aromatic heterocycles. The number of hydrogen-bond donors (Lipinski definition) is 0. The molecule has 2 amide bonds. The maximum atomic E-state index is 13.2. The minimum atomic E-state index is -3.29. The minimum absolute atomic E-state index is 0.0193. The minimum Gasteiger partial charge on any atom is -0.459 e. The Morgan fingerprint density at radius 3 is 2.31 bits per heavy atom. The molecular weight excluding hydrogens is 428 g/mol. The Morgan fingerprint density at radius 2 is 1.72 bits per heavy atom. The first-order chi connectivity index (χ1) is 15.2. The molecule has 0 bridgehead atoms. The van der Waals surface area contributed by atoms with E-state index in [0.29, 0.717) is 24.3 Å². The van der Waals surface area contributed by atoms with E-state index in [9.17, 15) is 18.0 Å². The lowest BCUT2D eigenvalue weighted by Crippen LogP contribution is -2.51. The highest BCUT2D eigenvalue weighted by molar-refractivity contribution is 7.90. The van der Waals surface area contributed by atoms with Gasteiger partial charge in [0.1, 0.15) is 0 Å². The van der Waals surface area contributed by atoms with Crippen LogP contribution in [-0.4, -0.2) is 39.1 Å². The van der Waals surface area contributed by atoms with Crippen molar-refractivity contribution in [3.8, 4) is 11.1 Å². The van der Waals surface area contributed by atoms with Crippen LogP contribution in [-0.2, 0) is 14.6 Å². The molecule has 1 aliphatic heterocycles. The summed E-state index contributed by atoms with van der Waals surface area (Å²) >= 11 is 0. The van der Waals surface area contributed by atoms with Gasteiger partial charge in [-0.15, -0.1) is 0 Å². The van der Waals surface area contributed by atoms with Gasteiger partial charge < -0.3 is 14.2 Å². The second-order valence-corrected chi connectivity index (χ2v) is 9.88. The number of carbonyl (C=O) groups excluding carboxylic acids is 2. The third kappa shape index (κ3) is 3.93. The predicted octanol–water partition coefficient (Wildman–Crippen LogP) is 4.14. The van der Waals surface area contributed by atoms with Crippen LogP contribution in [0.1, 0.15) is 30.8 Å². The van der Waals surface area contributed by atoms with Crippen LogP contribution >= 0.6 is 0 Å². The molecule has 0 radical (unpaired) electrons. The first-order valence-corrected chi connectivity index (χ1v) is 12.2. The maximum Gasteiger partial charge on any atom is 0.294 e. The van der Waals surface area contributed by atoms with Crippen molar-refractivity contribution in [3.63, 3.8) is 0 Å². The van der Waals surface area contributed by atoms with Gasteiger partial charge in [0, 0.05) is 19.2 Å². The van der Waals surface area contributed by atoms with Crippen LogP contribution < -0.4 is 9.80 Å². The number of sulfone groups is 1. The Kier molecular flexibility index (Phi) is 5.64. The molecule has 8 heteroatoms. The fourth-order valence-corrected chi connectivity index (χ4v) is 4.61. The number of amides is 2. The molecular formula is C24H24N2O5S. The number of rotatable bonds is 4. The van der Waals surface area contributed by atoms with Gasteiger partial charge in [-0.2, -0.15) is 0 Å². The Morgan fingerprint density at radius 1 is 1.03 bits per heavy atom. The molecule has 2 aromatic carbocycles. The zero-order valence-electron chi connectivity index (χ0n) is 18.1. The Bertz CT molecular complexity index is 1260. The predicted molar refractivity (Wildman–Crippen MR) is 123 cm³/mol. The highest BCUT2D eigenvalue weighted by Crippen LogP contribution is 2.40. The summed E-state index contributed by atoms with van der Waals surface area (Å²) in [5.74, 6) is -0.0771. The summed E-state index contributed by atoms with van der Waals surface area (Å²) in [6, 6.07) is 15.2. The molecule has 0 fully saturated rings. The van der Waals surface area contributed by atoms with E-state index in [1.807, 2.05) is 32.0 Å². The lowest BCUT2D eigenvalue weighted by molar-refractivity contribution is -0.118. The monoisotopic (exact) mass is 452 g/mol. The van der Waals surface area contributed by atoms with E-state index in [-0.39, 0.29) is 28.5 Å². The lowest BCUT2D eigenvalue weighted by atomic mass is 10.00. The highest BCUT2D eigenvalue weighted by Gasteiger charge is 2.35. The Balaban J connectivity index is 1.82. The molecule has 3 aromatic rings. The summed E-state index contributed by atoms with van der Waals surface area (Å²) in [4.78, 5) is 29.5. The molecule has 0 spiro atoms. The summed E-state index contributed by atoms with van der Waals surface area (Å²) < 4.78 is 28.9. The number of nitrogens with zero attached hydrogens (tertiary/aromatic N) is 2. The zero-order chi connectivity index (χ0) is 23.0. The summed E-state index contributed by atoms with van der Waals surface area (Å²) in [7, 11) is -3.29. The number of anilines is 2. The van der Waals surface area contributed by atoms with Gasteiger partial charge in [0.05, 0.1) is 28.6 Å². The lowest BCUT2D eigenvalue weighted by Gasteiger charge is -2.41. The highest BCUT2D eigenvalue weighted by atomic mass is 32.2. The Hall–Kier alpha value is -3.39. The van der Waals surface area contributed by atoms with E-state index in [4.69, 9.17) is 4.42 Å². The summed E-state index contributed by atoms with van der Waals surface area (Å²) in [6.45, 7) is 4.05. The van der Waals surface area contributed by atoms with Crippen LogP contribution in [0.15, 0.2) is 70.2 Å². The molecule has 1 aliphatic rings. The summed E-state index contributed by atoms with van der Waals surface area (Å²) in [6.07, 6.45) is 2.97. The average Bonchev–Trinajstić information content (AvgIpc) is 3.32. The fourth-order valence-electron chi connectivity index (χ4n) is 3.98. The van der Waals surface area contributed by atoms with Crippen LogP contribution in [0.5, 0.6) is 0 Å². The first kappa shape index (κ1) is 21.8. The molecule has 1 unspecified atom stereocenters. The van der Waals surface area contributed by atoms with Crippen LogP contribution in [0.4, 0.5) is 11.4 Å². The second kappa shape index (κ2) is 8.27. The summed E-state index contributed by atoms with van der Waals surface area (Å²) in [5.41, 5.74) is 2.88. The standard InChI is InChI=1S/C24H24N2O5S/c1-4-23(27)26-16(2)15-25(24(28)22-6-5-13-31-22)21-14-18(9-12-20(21)26)17-7-10-19(11-8-17)32(3,29)30/h5-14,16H,4,15H2,1-3H3. The van der Waals surface area contributed by atoms with Crippen molar-refractivity contribution in [2.75, 3.05) is 22.6 Å². The van der Waals surface area contributed by atoms with E-state index in [0.717, 1.165) is 11.1 Å². The third-order valence-corrected chi connectivity index (χ3v) is 6.71. The average molecular weight is 453 g/mol. The van der Waals surface area contributed by atoms with Crippen LogP contribution in [0, 0.1) is 0 Å². The van der Waals surface area contributed by atoms with E-state index < -0.39 is 9.84 Å². The third-order valence-electron chi connectivity index (χ3n) is 5.58. The van der Waals surface area contributed by atoms with Crippen molar-refractivity contribution in [1.29, 1.82) is 0 Å². The molecule has 2 heterocycles. The van der Waals surface area contributed by atoms with Crippen LogP contribution in [0.3, 0.4) is 0 Å². The number of fused-ring (bicyclic) bond motifs is 1. The molecule has 0 saturated carbocycles. The fraction of sp³-hybridized carbons (Fsp3) is 0.250. The van der Waals surface area contributed by atoms with Crippen LogP contribution in [0.2, 0.25) is 0 Å². The van der Waals surface area contributed by atoms with E-state index >= 15 is 0 Å². The quantitative estimate of drug-likeness (QED) is 0.594. The van der Waals surface area contributed by atoms with Gasteiger partial charge in [-0.25, -0.2) is 8.42 Å². The molecule has 7 nitrogen and oxygen atoms in total. The molecule has 166 valence electrons. The number of benzene rings is 2. The molecule has 4 rings (SSSR count). The van der Waals surface area contributed by atoms with Crippen molar-refractivity contribution in [2.45, 2.75) is 31.2 Å². The molecule has 1 atom stereocenters. The van der Waals surface area contributed by atoms with Gasteiger partial charge in [-0.05, 0) is 54.4 Å². The summed E-state index contributed by atoms with van der Waals surface area (Å²) in [5, 5.41) is 0. The Labute approximate surface area is 187 Å². The van der Waals surface area contributed by atoms with E-state index in [1.165, 1.54) is 12.5 Å². The number of hydrogen-bond acceptors (Lipinski definition) is 5. The largest absolute Gasteiger partial charge is 0.459 e. The smallest absolute Gasteiger partial charge is 0.294 e. The van der Waals surface area contributed by atoms with Gasteiger partial charge in [0.15, 0.2) is 15.6 Å². The molecule has 0 saturated heterocycles. The van der Waals surface area contributed by atoms with Gasteiger partial charge in [-0.1, -0.05) is 25.1 Å². The maximum absolute atomic E-state index is 13.2. The van der Waals surface area contributed by atoms with Crippen molar-refractivity contribution >= 4 is 33.0 Å². The second-order valence-electron chi connectivity index (χ2n) is 7.86. The normalized spacial score (nSPS) is 16.0. The van der Waals surface area contributed by atoms with Gasteiger partial charge in [0.25, 0.3) is 5.91 Å². The first-order valence-electron chi connectivity index (χ1n) is 10.3. The van der Waals surface area contributed by atoms with Crippen LogP contribution in [0.25, 0.3) is 11.1 Å². The van der Waals surface area contributed by atoms with Gasteiger partial charge in [-0.3, -0.25) is 9.59 Å². The molecule has 32 heavy (non-hydrogen) atoms.